The van der Waals surface area contributed by atoms with Crippen LogP contribution in [0.15, 0.2) is 0 Å². The fourth-order valence-corrected chi connectivity index (χ4v) is 1.40. The molecule has 0 N–H and O–H groups in total. The standard InChI is InChI=1S/C7H12F2.C3H8/c1-2-3-6-4-7(8,9)5-6;1-3-2/h6H,2-5H2,1H3;3H2,1-2H3. The predicted molar refractivity (Wildman–Crippen MR) is 48.5 cm³/mol. The predicted octanol–water partition coefficient (Wildman–Crippen LogP) is 4.25. The summed E-state index contributed by atoms with van der Waals surface area (Å²) in [6.07, 6.45) is 3.55. The summed E-state index contributed by atoms with van der Waals surface area (Å²) < 4.78 is 24.2. The lowest BCUT2D eigenvalue weighted by molar-refractivity contribution is -0.112. The van der Waals surface area contributed by atoms with Crippen molar-refractivity contribution < 1.29 is 8.78 Å². The third-order valence-corrected chi connectivity index (χ3v) is 1.87. The topological polar surface area (TPSA) is 0 Å². The fourth-order valence-electron chi connectivity index (χ4n) is 1.40. The average Bonchev–Trinajstić information content (AvgIpc) is 1.86. The van der Waals surface area contributed by atoms with Crippen molar-refractivity contribution >= 4 is 0 Å². The van der Waals surface area contributed by atoms with Gasteiger partial charge < -0.3 is 0 Å². The van der Waals surface area contributed by atoms with Crippen LogP contribution in [0.4, 0.5) is 8.78 Å². The zero-order valence-corrected chi connectivity index (χ0v) is 8.37. The van der Waals surface area contributed by atoms with E-state index in [0.29, 0.717) is 5.92 Å². The second-order valence-corrected chi connectivity index (χ2v) is 3.63. The smallest absolute Gasteiger partial charge is 0.207 e. The quantitative estimate of drug-likeness (QED) is 0.593. The van der Waals surface area contributed by atoms with E-state index in [1.807, 2.05) is 6.92 Å². The first-order valence-corrected chi connectivity index (χ1v) is 4.93. The molecule has 0 nitrogen and oxygen atoms in total. The van der Waals surface area contributed by atoms with Crippen molar-refractivity contribution in [2.75, 3.05) is 0 Å². The van der Waals surface area contributed by atoms with Crippen molar-refractivity contribution in [2.45, 2.75) is 58.8 Å². The van der Waals surface area contributed by atoms with Crippen molar-refractivity contribution in [1.29, 1.82) is 0 Å². The molecule has 74 valence electrons. The maximum Gasteiger partial charge on any atom is 0.248 e. The highest BCUT2D eigenvalue weighted by Crippen LogP contribution is 2.44. The number of halogens is 2. The van der Waals surface area contributed by atoms with Crippen molar-refractivity contribution in [3.05, 3.63) is 0 Å². The largest absolute Gasteiger partial charge is 0.248 e. The van der Waals surface area contributed by atoms with Gasteiger partial charge in [0, 0.05) is 12.8 Å². The van der Waals surface area contributed by atoms with E-state index in [2.05, 4.69) is 13.8 Å². The Kier molecular flexibility index (Phi) is 5.43. The van der Waals surface area contributed by atoms with E-state index < -0.39 is 5.92 Å². The monoisotopic (exact) mass is 178 g/mol. The molecular formula is C10H20F2. The first-order valence-electron chi connectivity index (χ1n) is 4.93. The van der Waals surface area contributed by atoms with E-state index in [1.54, 1.807) is 0 Å². The molecule has 1 rings (SSSR count). The maximum absolute atomic E-state index is 12.1. The van der Waals surface area contributed by atoms with Gasteiger partial charge in [-0.2, -0.15) is 0 Å². The lowest BCUT2D eigenvalue weighted by atomic mass is 9.79. The number of rotatable bonds is 2. The van der Waals surface area contributed by atoms with Gasteiger partial charge in [-0.15, -0.1) is 0 Å². The van der Waals surface area contributed by atoms with Gasteiger partial charge in [0.15, 0.2) is 0 Å². The molecule has 0 saturated heterocycles. The van der Waals surface area contributed by atoms with Gasteiger partial charge in [0.1, 0.15) is 0 Å². The second kappa shape index (κ2) is 5.50. The van der Waals surface area contributed by atoms with Gasteiger partial charge in [0.2, 0.25) is 5.92 Å². The Balaban J connectivity index is 0.000000354. The SMILES string of the molecule is CCC.CCCC1CC(F)(F)C1. The van der Waals surface area contributed by atoms with Crippen LogP contribution < -0.4 is 0 Å². The molecule has 0 atom stereocenters. The van der Waals surface area contributed by atoms with E-state index in [9.17, 15) is 8.78 Å². The lowest BCUT2D eigenvalue weighted by Crippen LogP contribution is -2.35. The van der Waals surface area contributed by atoms with Gasteiger partial charge in [-0.3, -0.25) is 0 Å². The molecule has 0 amide bonds. The molecule has 0 bridgehead atoms. The van der Waals surface area contributed by atoms with E-state index >= 15 is 0 Å². The van der Waals surface area contributed by atoms with Crippen LogP contribution in [0.2, 0.25) is 0 Å². The molecule has 12 heavy (non-hydrogen) atoms. The lowest BCUT2D eigenvalue weighted by Gasteiger charge is -2.34. The third kappa shape index (κ3) is 4.68. The molecule has 1 fully saturated rings. The highest BCUT2D eigenvalue weighted by Gasteiger charge is 2.44. The van der Waals surface area contributed by atoms with Crippen molar-refractivity contribution in [3.63, 3.8) is 0 Å². The maximum atomic E-state index is 12.1. The summed E-state index contributed by atoms with van der Waals surface area (Å²) in [5.41, 5.74) is 0. The van der Waals surface area contributed by atoms with Gasteiger partial charge >= 0.3 is 0 Å². The Morgan fingerprint density at radius 1 is 1.17 bits per heavy atom. The van der Waals surface area contributed by atoms with E-state index in [4.69, 9.17) is 0 Å². The van der Waals surface area contributed by atoms with Crippen molar-refractivity contribution in [3.8, 4) is 0 Å². The molecule has 0 radical (unpaired) electrons. The minimum atomic E-state index is -2.31. The molecule has 0 spiro atoms. The molecular weight excluding hydrogens is 158 g/mol. The molecule has 0 unspecified atom stereocenters. The Morgan fingerprint density at radius 3 is 1.83 bits per heavy atom. The second-order valence-electron chi connectivity index (χ2n) is 3.63. The summed E-state index contributed by atoms with van der Waals surface area (Å²) in [5, 5.41) is 0. The van der Waals surface area contributed by atoms with Crippen LogP contribution in [0, 0.1) is 5.92 Å². The van der Waals surface area contributed by atoms with E-state index in [1.165, 1.54) is 6.42 Å². The zero-order chi connectivity index (χ0) is 9.61. The summed E-state index contributed by atoms with van der Waals surface area (Å²) in [7, 11) is 0. The van der Waals surface area contributed by atoms with Gasteiger partial charge in [0.05, 0.1) is 0 Å². The third-order valence-electron chi connectivity index (χ3n) is 1.87. The highest BCUT2D eigenvalue weighted by atomic mass is 19.3. The van der Waals surface area contributed by atoms with E-state index in [0.717, 1.165) is 12.8 Å². The van der Waals surface area contributed by atoms with Crippen LogP contribution in [0.5, 0.6) is 0 Å². The Labute approximate surface area is 74.4 Å². The van der Waals surface area contributed by atoms with Crippen molar-refractivity contribution in [2.24, 2.45) is 5.92 Å². The summed E-state index contributed by atoms with van der Waals surface area (Å²) in [5.74, 6) is -1.98. The molecule has 1 aliphatic carbocycles. The highest BCUT2D eigenvalue weighted by molar-refractivity contribution is 4.85. The number of alkyl halides is 2. The summed E-state index contributed by atoms with van der Waals surface area (Å²) in [4.78, 5) is 0. The number of hydrogen-bond acceptors (Lipinski definition) is 0. The zero-order valence-electron chi connectivity index (χ0n) is 8.37. The van der Waals surface area contributed by atoms with Gasteiger partial charge in [-0.05, 0) is 5.92 Å². The molecule has 0 aromatic carbocycles. The summed E-state index contributed by atoms with van der Waals surface area (Å²) in [6.45, 7) is 6.29. The Morgan fingerprint density at radius 2 is 1.58 bits per heavy atom. The first-order chi connectivity index (χ1) is 5.55. The first kappa shape index (κ1) is 11.9. The van der Waals surface area contributed by atoms with Crippen LogP contribution in [0.3, 0.4) is 0 Å². The van der Waals surface area contributed by atoms with Crippen LogP contribution in [0.25, 0.3) is 0 Å². The average molecular weight is 178 g/mol. The molecule has 1 saturated carbocycles. The van der Waals surface area contributed by atoms with Crippen molar-refractivity contribution in [1.82, 2.24) is 0 Å². The number of hydrogen-bond donors (Lipinski definition) is 0. The Bertz CT molecular complexity index is 102. The minimum absolute atomic E-state index is 0.140. The van der Waals surface area contributed by atoms with Crippen LogP contribution >= 0.6 is 0 Å². The molecule has 2 heteroatoms. The molecule has 0 heterocycles. The fraction of sp³-hybridized carbons (Fsp3) is 1.00. The Hall–Kier alpha value is -0.140. The molecule has 0 aromatic rings. The molecule has 1 aliphatic rings. The van der Waals surface area contributed by atoms with Crippen LogP contribution in [0.1, 0.15) is 52.9 Å². The van der Waals surface area contributed by atoms with E-state index in [-0.39, 0.29) is 12.8 Å². The van der Waals surface area contributed by atoms with Gasteiger partial charge in [-0.25, -0.2) is 8.78 Å². The van der Waals surface area contributed by atoms with Crippen LogP contribution in [-0.4, -0.2) is 5.92 Å². The summed E-state index contributed by atoms with van der Waals surface area (Å²) >= 11 is 0. The normalized spacial score (nSPS) is 20.8. The molecule has 0 aromatic heterocycles. The van der Waals surface area contributed by atoms with Crippen LogP contribution in [-0.2, 0) is 0 Å². The summed E-state index contributed by atoms with van der Waals surface area (Å²) in [6, 6.07) is 0. The minimum Gasteiger partial charge on any atom is -0.207 e. The van der Waals surface area contributed by atoms with Gasteiger partial charge in [-0.1, -0.05) is 40.0 Å². The molecule has 0 aliphatic heterocycles. The van der Waals surface area contributed by atoms with Gasteiger partial charge in [0.25, 0.3) is 0 Å².